The topological polar surface area (TPSA) is 92.3 Å². The first-order chi connectivity index (χ1) is 16.6. The molecule has 10 heteroatoms. The number of nitrogens with one attached hydrogen (secondary N) is 2. The van der Waals surface area contributed by atoms with Crippen LogP contribution in [0.4, 0.5) is 8.78 Å². The molecule has 2 N–H and O–H groups in total. The SMILES string of the molecule is O=C(Cc1cnc(-c2ccc(OCCN3CCNCC3)cc2F)nc1)NCc1cccc(F)n1. The molecular weight excluding hydrogens is 442 g/mol. The number of hydrogen-bond acceptors (Lipinski definition) is 7. The van der Waals surface area contributed by atoms with Gasteiger partial charge in [0, 0.05) is 51.2 Å². The van der Waals surface area contributed by atoms with Crippen LogP contribution in [0, 0.1) is 11.8 Å². The van der Waals surface area contributed by atoms with E-state index < -0.39 is 11.8 Å². The zero-order chi connectivity index (χ0) is 23.8. The Hall–Kier alpha value is -3.50. The molecule has 2 aromatic heterocycles. The van der Waals surface area contributed by atoms with Gasteiger partial charge in [-0.3, -0.25) is 9.69 Å². The van der Waals surface area contributed by atoms with Crippen molar-refractivity contribution in [2.75, 3.05) is 39.3 Å². The van der Waals surface area contributed by atoms with Crippen molar-refractivity contribution >= 4 is 5.91 Å². The zero-order valence-electron chi connectivity index (χ0n) is 18.6. The second kappa shape index (κ2) is 11.6. The molecule has 3 heterocycles. The maximum atomic E-state index is 14.6. The number of amides is 1. The van der Waals surface area contributed by atoms with Crippen LogP contribution in [-0.2, 0) is 17.8 Å². The van der Waals surface area contributed by atoms with Gasteiger partial charge in [0.1, 0.15) is 18.2 Å². The molecule has 1 saturated heterocycles. The van der Waals surface area contributed by atoms with Crippen LogP contribution in [0.3, 0.4) is 0 Å². The average Bonchev–Trinajstić information content (AvgIpc) is 2.84. The van der Waals surface area contributed by atoms with Gasteiger partial charge >= 0.3 is 0 Å². The molecular formula is C24H26F2N6O2. The van der Waals surface area contributed by atoms with Crippen molar-refractivity contribution in [2.45, 2.75) is 13.0 Å². The molecule has 1 aromatic carbocycles. The molecule has 0 saturated carbocycles. The van der Waals surface area contributed by atoms with Gasteiger partial charge in [-0.15, -0.1) is 0 Å². The molecule has 0 bridgehead atoms. The van der Waals surface area contributed by atoms with E-state index in [2.05, 4.69) is 30.5 Å². The number of carbonyl (C=O) groups excluding carboxylic acids is 1. The predicted molar refractivity (Wildman–Crippen MR) is 122 cm³/mol. The fraction of sp³-hybridized carbons (Fsp3) is 0.333. The van der Waals surface area contributed by atoms with Crippen LogP contribution in [0.5, 0.6) is 5.75 Å². The number of carbonyl (C=O) groups is 1. The maximum Gasteiger partial charge on any atom is 0.224 e. The molecule has 0 aliphatic carbocycles. The van der Waals surface area contributed by atoms with Crippen LogP contribution in [0.1, 0.15) is 11.3 Å². The normalized spacial score (nSPS) is 14.1. The Morgan fingerprint density at radius 2 is 1.91 bits per heavy atom. The molecule has 1 aliphatic rings. The Balaban J connectivity index is 1.28. The summed E-state index contributed by atoms with van der Waals surface area (Å²) in [7, 11) is 0. The maximum absolute atomic E-state index is 14.6. The number of pyridine rings is 1. The molecule has 1 amide bonds. The molecule has 1 aliphatic heterocycles. The Kier molecular flexibility index (Phi) is 8.05. The number of nitrogens with zero attached hydrogens (tertiary/aromatic N) is 4. The van der Waals surface area contributed by atoms with Gasteiger partial charge in [0.05, 0.1) is 24.2 Å². The number of piperazine rings is 1. The number of hydrogen-bond donors (Lipinski definition) is 2. The highest BCUT2D eigenvalue weighted by atomic mass is 19.1. The summed E-state index contributed by atoms with van der Waals surface area (Å²) >= 11 is 0. The van der Waals surface area contributed by atoms with E-state index in [-0.39, 0.29) is 30.3 Å². The number of benzene rings is 1. The van der Waals surface area contributed by atoms with E-state index in [9.17, 15) is 13.6 Å². The van der Waals surface area contributed by atoms with Gasteiger partial charge in [-0.1, -0.05) is 6.07 Å². The Bertz CT molecular complexity index is 1110. The van der Waals surface area contributed by atoms with E-state index in [1.54, 1.807) is 18.2 Å². The zero-order valence-corrected chi connectivity index (χ0v) is 18.6. The Morgan fingerprint density at radius 1 is 1.12 bits per heavy atom. The Morgan fingerprint density at radius 3 is 2.65 bits per heavy atom. The van der Waals surface area contributed by atoms with Crippen LogP contribution < -0.4 is 15.4 Å². The van der Waals surface area contributed by atoms with E-state index in [0.29, 0.717) is 23.6 Å². The summed E-state index contributed by atoms with van der Waals surface area (Å²) in [6.45, 7) is 5.30. The second-order valence-corrected chi connectivity index (χ2v) is 7.90. The summed E-state index contributed by atoms with van der Waals surface area (Å²) in [5, 5.41) is 5.97. The minimum Gasteiger partial charge on any atom is -0.492 e. The van der Waals surface area contributed by atoms with Crippen molar-refractivity contribution in [3.05, 3.63) is 71.8 Å². The Labute approximate surface area is 196 Å². The molecule has 0 radical (unpaired) electrons. The predicted octanol–water partition coefficient (Wildman–Crippen LogP) is 1.96. The monoisotopic (exact) mass is 468 g/mol. The molecule has 0 unspecified atom stereocenters. The van der Waals surface area contributed by atoms with Crippen molar-refractivity contribution in [3.63, 3.8) is 0 Å². The van der Waals surface area contributed by atoms with Gasteiger partial charge in [-0.05, 0) is 29.8 Å². The van der Waals surface area contributed by atoms with Crippen LogP contribution in [0.2, 0.25) is 0 Å². The molecule has 1 fully saturated rings. The molecule has 34 heavy (non-hydrogen) atoms. The summed E-state index contributed by atoms with van der Waals surface area (Å²) in [6.07, 6.45) is 3.01. The lowest BCUT2D eigenvalue weighted by Crippen LogP contribution is -2.44. The lowest BCUT2D eigenvalue weighted by Gasteiger charge is -2.26. The molecule has 0 atom stereocenters. The van der Waals surface area contributed by atoms with Crippen molar-refractivity contribution < 1.29 is 18.3 Å². The first kappa shape index (κ1) is 23.7. The highest BCUT2D eigenvalue weighted by Gasteiger charge is 2.12. The number of halogens is 2. The molecule has 4 rings (SSSR count). The second-order valence-electron chi connectivity index (χ2n) is 7.90. The summed E-state index contributed by atoms with van der Waals surface area (Å²) in [5.74, 6) is -0.683. The first-order valence-electron chi connectivity index (χ1n) is 11.1. The van der Waals surface area contributed by atoms with Crippen LogP contribution in [-0.4, -0.2) is 65.1 Å². The van der Waals surface area contributed by atoms with E-state index >= 15 is 0 Å². The van der Waals surface area contributed by atoms with E-state index in [1.807, 2.05) is 0 Å². The van der Waals surface area contributed by atoms with Gasteiger partial charge in [0.25, 0.3) is 0 Å². The fourth-order valence-corrected chi connectivity index (χ4v) is 3.57. The third kappa shape index (κ3) is 6.75. The highest BCUT2D eigenvalue weighted by molar-refractivity contribution is 5.78. The number of rotatable bonds is 9. The summed E-state index contributed by atoms with van der Waals surface area (Å²) in [5.41, 5.74) is 1.25. The van der Waals surface area contributed by atoms with Crippen molar-refractivity contribution in [3.8, 4) is 17.1 Å². The average molecular weight is 469 g/mol. The quantitative estimate of drug-likeness (QED) is 0.464. The molecule has 8 nitrogen and oxygen atoms in total. The number of aromatic nitrogens is 3. The lowest BCUT2D eigenvalue weighted by atomic mass is 10.1. The van der Waals surface area contributed by atoms with Crippen LogP contribution >= 0.6 is 0 Å². The van der Waals surface area contributed by atoms with Crippen LogP contribution in [0.25, 0.3) is 11.4 Å². The molecule has 3 aromatic rings. The van der Waals surface area contributed by atoms with Gasteiger partial charge < -0.3 is 15.4 Å². The van der Waals surface area contributed by atoms with Gasteiger partial charge in [0.2, 0.25) is 11.9 Å². The summed E-state index contributed by atoms with van der Waals surface area (Å²) < 4.78 is 33.4. The smallest absolute Gasteiger partial charge is 0.224 e. The lowest BCUT2D eigenvalue weighted by molar-refractivity contribution is -0.120. The van der Waals surface area contributed by atoms with Crippen molar-refractivity contribution in [1.29, 1.82) is 0 Å². The van der Waals surface area contributed by atoms with E-state index in [0.717, 1.165) is 32.7 Å². The summed E-state index contributed by atoms with van der Waals surface area (Å²) in [4.78, 5) is 26.5. The minimum absolute atomic E-state index is 0.0396. The molecule has 0 spiro atoms. The minimum atomic E-state index is -0.599. The van der Waals surface area contributed by atoms with Crippen molar-refractivity contribution in [1.82, 2.24) is 30.5 Å². The van der Waals surface area contributed by atoms with Crippen molar-refractivity contribution in [2.24, 2.45) is 0 Å². The first-order valence-corrected chi connectivity index (χ1v) is 11.1. The molecule has 178 valence electrons. The van der Waals surface area contributed by atoms with E-state index in [1.165, 1.54) is 30.6 Å². The summed E-state index contributed by atoms with van der Waals surface area (Å²) in [6, 6.07) is 9.01. The van der Waals surface area contributed by atoms with Gasteiger partial charge in [-0.25, -0.2) is 19.3 Å². The largest absolute Gasteiger partial charge is 0.492 e. The van der Waals surface area contributed by atoms with Crippen LogP contribution in [0.15, 0.2) is 48.8 Å². The standard InChI is InChI=1S/C24H26F2N6O2/c25-21-13-19(34-11-10-32-8-6-27-7-9-32)4-5-20(21)24-29-14-17(15-30-24)12-23(33)28-16-18-2-1-3-22(26)31-18/h1-5,13-15,27H,6-12,16H2,(H,28,33). The fourth-order valence-electron chi connectivity index (χ4n) is 3.57. The number of ether oxygens (including phenoxy) is 1. The van der Waals surface area contributed by atoms with Gasteiger partial charge in [-0.2, -0.15) is 4.39 Å². The third-order valence-corrected chi connectivity index (χ3v) is 5.38. The van der Waals surface area contributed by atoms with Gasteiger partial charge in [0.15, 0.2) is 5.82 Å². The third-order valence-electron chi connectivity index (χ3n) is 5.38. The van der Waals surface area contributed by atoms with E-state index in [4.69, 9.17) is 4.74 Å². The highest BCUT2D eigenvalue weighted by Crippen LogP contribution is 2.23.